The van der Waals surface area contributed by atoms with Crippen molar-refractivity contribution >= 4 is 14.1 Å². The molecule has 0 bridgehead atoms. The number of hydrogen-bond donors (Lipinski definition) is 0. The van der Waals surface area contributed by atoms with Crippen LogP contribution < -0.4 is 0 Å². The minimum absolute atomic E-state index is 0.200. The summed E-state index contributed by atoms with van der Waals surface area (Å²) < 4.78 is 6.78. The molecule has 1 aliphatic rings. The number of hydrogen-bond acceptors (Lipinski definition) is 2. The second-order valence-corrected chi connectivity index (χ2v) is 13.3. The van der Waals surface area contributed by atoms with Crippen molar-refractivity contribution < 1.29 is 9.22 Å². The van der Waals surface area contributed by atoms with Crippen LogP contribution in [0.4, 0.5) is 0 Å². The second kappa shape index (κ2) is 7.81. The zero-order valence-corrected chi connectivity index (χ0v) is 16.9. The van der Waals surface area contributed by atoms with E-state index in [9.17, 15) is 4.79 Å². The van der Waals surface area contributed by atoms with E-state index in [1.165, 1.54) is 0 Å². The molecule has 0 aromatic heterocycles. The maximum atomic E-state index is 12.0. The summed E-state index contributed by atoms with van der Waals surface area (Å²) in [5.41, 5.74) is 1.79. The predicted molar refractivity (Wildman–Crippen MR) is 97.4 cm³/mol. The largest absolute Gasteiger partial charge is 0.546 e. The Morgan fingerprint density at radius 2 is 1.68 bits per heavy atom. The molecule has 0 radical (unpaired) electrons. The van der Waals surface area contributed by atoms with Gasteiger partial charge in [-0.3, -0.25) is 4.79 Å². The number of carbonyl (C=O) groups is 1. The van der Waals surface area contributed by atoms with E-state index in [0.29, 0.717) is 34.7 Å². The van der Waals surface area contributed by atoms with Crippen molar-refractivity contribution in [2.45, 2.75) is 91.3 Å². The molecular formula is C19H36O2Si. The van der Waals surface area contributed by atoms with Crippen molar-refractivity contribution in [3.63, 3.8) is 0 Å². The third kappa shape index (κ3) is 3.84. The number of Topliss-reactive ketones (excluding diaryl/α,β-unsaturated/α-hetero) is 1. The van der Waals surface area contributed by atoms with Crippen LogP contribution in [0.5, 0.6) is 0 Å². The molecule has 0 aromatic carbocycles. The molecule has 0 amide bonds. The molecule has 1 aliphatic carbocycles. The Morgan fingerprint density at radius 1 is 1.18 bits per heavy atom. The second-order valence-electron chi connectivity index (χ2n) is 7.88. The summed E-state index contributed by atoms with van der Waals surface area (Å²) in [4.78, 5) is 12.0. The van der Waals surface area contributed by atoms with E-state index in [1.807, 2.05) is 6.92 Å². The first-order valence-electron chi connectivity index (χ1n) is 9.09. The van der Waals surface area contributed by atoms with E-state index < -0.39 is 8.32 Å². The minimum Gasteiger partial charge on any atom is -0.546 e. The molecule has 0 saturated carbocycles. The van der Waals surface area contributed by atoms with Gasteiger partial charge in [-0.15, -0.1) is 0 Å². The Labute approximate surface area is 138 Å². The fourth-order valence-corrected chi connectivity index (χ4v) is 9.77. The van der Waals surface area contributed by atoms with Crippen molar-refractivity contribution in [2.75, 3.05) is 0 Å². The van der Waals surface area contributed by atoms with Gasteiger partial charge >= 0.3 is 0 Å². The first-order chi connectivity index (χ1) is 10.2. The summed E-state index contributed by atoms with van der Waals surface area (Å²) in [6, 6.07) is 0. The molecule has 0 spiro atoms. The molecule has 0 aromatic rings. The van der Waals surface area contributed by atoms with Crippen LogP contribution in [0.1, 0.15) is 74.7 Å². The Bertz CT molecular complexity index is 388. The number of carbonyl (C=O) groups excluding carboxylic acids is 1. The van der Waals surface area contributed by atoms with Crippen LogP contribution in [-0.4, -0.2) is 14.1 Å². The van der Waals surface area contributed by atoms with Gasteiger partial charge in [-0.25, -0.2) is 0 Å². The molecule has 22 heavy (non-hydrogen) atoms. The van der Waals surface area contributed by atoms with E-state index in [-0.39, 0.29) is 5.92 Å². The zero-order chi connectivity index (χ0) is 17.1. The minimum atomic E-state index is -1.86. The number of rotatable bonds is 7. The van der Waals surface area contributed by atoms with Gasteiger partial charge in [-0.05, 0) is 35.0 Å². The van der Waals surface area contributed by atoms with Crippen molar-refractivity contribution in [1.82, 2.24) is 0 Å². The van der Waals surface area contributed by atoms with Gasteiger partial charge < -0.3 is 4.43 Å². The average molecular weight is 325 g/mol. The van der Waals surface area contributed by atoms with Gasteiger partial charge in [0.25, 0.3) is 8.32 Å². The Morgan fingerprint density at radius 3 is 2.05 bits per heavy atom. The van der Waals surface area contributed by atoms with Gasteiger partial charge in [-0.1, -0.05) is 55.4 Å². The van der Waals surface area contributed by atoms with Gasteiger partial charge in [0.15, 0.2) is 0 Å². The van der Waals surface area contributed by atoms with E-state index >= 15 is 0 Å². The van der Waals surface area contributed by atoms with Gasteiger partial charge in [0, 0.05) is 18.8 Å². The maximum Gasteiger partial charge on any atom is 0.258 e. The zero-order valence-electron chi connectivity index (χ0n) is 15.9. The summed E-state index contributed by atoms with van der Waals surface area (Å²) in [7, 11) is -1.86. The van der Waals surface area contributed by atoms with E-state index in [1.54, 1.807) is 0 Å². The maximum absolute atomic E-state index is 12.0. The highest BCUT2D eigenvalue weighted by Crippen LogP contribution is 2.45. The summed E-state index contributed by atoms with van der Waals surface area (Å²) in [5.74, 6) is 2.08. The summed E-state index contributed by atoms with van der Waals surface area (Å²) in [6.07, 6.45) is 4.79. The summed E-state index contributed by atoms with van der Waals surface area (Å²) >= 11 is 0. The summed E-state index contributed by atoms with van der Waals surface area (Å²) in [5, 5.41) is 0. The topological polar surface area (TPSA) is 26.3 Å². The van der Waals surface area contributed by atoms with E-state index in [2.05, 4.69) is 54.5 Å². The van der Waals surface area contributed by atoms with Crippen LogP contribution in [0.2, 0.25) is 16.6 Å². The van der Waals surface area contributed by atoms with Gasteiger partial charge in [0.1, 0.15) is 5.78 Å². The fraction of sp³-hybridized carbons (Fsp3) is 0.842. The van der Waals surface area contributed by atoms with Crippen LogP contribution in [0, 0.1) is 11.8 Å². The lowest BCUT2D eigenvalue weighted by Gasteiger charge is -2.44. The van der Waals surface area contributed by atoms with Crippen LogP contribution >= 0.6 is 0 Å². The first kappa shape index (κ1) is 19.5. The molecular weight excluding hydrogens is 288 g/mol. The Hall–Kier alpha value is -0.573. The lowest BCUT2D eigenvalue weighted by molar-refractivity contribution is -0.124. The molecule has 128 valence electrons. The highest BCUT2D eigenvalue weighted by Gasteiger charge is 2.47. The molecule has 0 saturated heterocycles. The molecule has 0 N–H and O–H groups in total. The standard InChI is InChI=1S/C19H36O2Si/c1-9-19(20)18-11-10-17(12-16(18)8)21-22(13(2)3,14(4)5)15(6)7/h12-16,18H,9-11H2,1-8H3/t16-,18+/m0/s1. The van der Waals surface area contributed by atoms with Crippen LogP contribution in [0.25, 0.3) is 0 Å². The average Bonchev–Trinajstić information content (AvgIpc) is 2.42. The number of allylic oxidation sites excluding steroid dienone is 2. The number of ketones is 1. The highest BCUT2D eigenvalue weighted by atomic mass is 28.4. The molecule has 2 atom stereocenters. The highest BCUT2D eigenvalue weighted by molar-refractivity contribution is 6.77. The fourth-order valence-electron chi connectivity index (χ4n) is 4.44. The van der Waals surface area contributed by atoms with Gasteiger partial charge in [0.05, 0.1) is 5.76 Å². The SMILES string of the molecule is CCC(=O)[C@@H]1CCC(O[Si](C(C)C)(C(C)C)C(C)C)=C[C@@H]1C. The van der Waals surface area contributed by atoms with Crippen molar-refractivity contribution in [2.24, 2.45) is 11.8 Å². The van der Waals surface area contributed by atoms with Gasteiger partial charge in [0.2, 0.25) is 0 Å². The van der Waals surface area contributed by atoms with Crippen LogP contribution in [-0.2, 0) is 9.22 Å². The van der Waals surface area contributed by atoms with E-state index in [4.69, 9.17) is 4.43 Å². The predicted octanol–water partition coefficient (Wildman–Crippen LogP) is 6.09. The summed E-state index contributed by atoms with van der Waals surface area (Å²) in [6.45, 7) is 18.1. The lowest BCUT2D eigenvalue weighted by Crippen LogP contribution is -2.47. The van der Waals surface area contributed by atoms with E-state index in [0.717, 1.165) is 18.6 Å². The van der Waals surface area contributed by atoms with Crippen LogP contribution in [0.3, 0.4) is 0 Å². The Balaban J connectivity index is 2.99. The molecule has 1 rings (SSSR count). The molecule has 2 nitrogen and oxygen atoms in total. The quantitative estimate of drug-likeness (QED) is 0.530. The lowest BCUT2D eigenvalue weighted by atomic mass is 9.81. The molecule has 0 heterocycles. The molecule has 0 aliphatic heterocycles. The van der Waals surface area contributed by atoms with Crippen LogP contribution in [0.15, 0.2) is 11.8 Å². The first-order valence-corrected chi connectivity index (χ1v) is 11.2. The normalized spacial score (nSPS) is 23.1. The molecule has 3 heteroatoms. The van der Waals surface area contributed by atoms with Crippen molar-refractivity contribution in [3.8, 4) is 0 Å². The molecule has 0 fully saturated rings. The smallest absolute Gasteiger partial charge is 0.258 e. The van der Waals surface area contributed by atoms with Crippen molar-refractivity contribution in [3.05, 3.63) is 11.8 Å². The monoisotopic (exact) mass is 324 g/mol. The van der Waals surface area contributed by atoms with Gasteiger partial charge in [-0.2, -0.15) is 0 Å². The Kier molecular flexibility index (Phi) is 6.91. The molecule has 0 unspecified atom stereocenters. The third-order valence-electron chi connectivity index (χ3n) is 5.56. The third-order valence-corrected chi connectivity index (χ3v) is 11.6. The van der Waals surface area contributed by atoms with Crippen molar-refractivity contribution in [1.29, 1.82) is 0 Å².